The molecule has 26 heavy (non-hydrogen) atoms. The minimum absolute atomic E-state index is 0.0582. The molecule has 7 nitrogen and oxygen atoms in total. The smallest absolute Gasteiger partial charge is 0.347 e. The minimum Gasteiger partial charge on any atom is -0.463 e. The fraction of sp³-hybridized carbons (Fsp3) is 0.789. The Balaban J connectivity index is 1.65. The molecule has 1 heterocycles. The Labute approximate surface area is 153 Å². The van der Waals surface area contributed by atoms with E-state index >= 15 is 0 Å². The van der Waals surface area contributed by atoms with E-state index in [0.717, 1.165) is 0 Å². The van der Waals surface area contributed by atoms with Crippen LogP contribution in [-0.2, 0) is 28.6 Å². The summed E-state index contributed by atoms with van der Waals surface area (Å²) in [5.41, 5.74) is -0.564. The normalized spacial score (nSPS) is 35.7. The number of cyclic esters (lactones) is 1. The molecule has 2 saturated carbocycles. The third-order valence-corrected chi connectivity index (χ3v) is 6.21. The van der Waals surface area contributed by atoms with Crippen LogP contribution in [0.1, 0.15) is 46.5 Å². The molecule has 0 amide bonds. The van der Waals surface area contributed by atoms with Crippen LogP contribution in [0, 0.1) is 40.4 Å². The van der Waals surface area contributed by atoms with Gasteiger partial charge in [-0.05, 0) is 39.0 Å². The lowest BCUT2D eigenvalue weighted by molar-refractivity contribution is -0.169. The van der Waals surface area contributed by atoms with Gasteiger partial charge in [0, 0.05) is 12.3 Å². The Morgan fingerprint density at radius 1 is 1.31 bits per heavy atom. The van der Waals surface area contributed by atoms with Gasteiger partial charge in [-0.3, -0.25) is 9.59 Å². The van der Waals surface area contributed by atoms with Crippen LogP contribution in [0.25, 0.3) is 0 Å². The fourth-order valence-electron chi connectivity index (χ4n) is 4.20. The third-order valence-electron chi connectivity index (χ3n) is 6.21. The van der Waals surface area contributed by atoms with Gasteiger partial charge in [0.15, 0.2) is 0 Å². The topological polar surface area (TPSA) is 103 Å². The predicted octanol–water partition coefficient (Wildman–Crippen LogP) is 1.99. The SMILES string of the molecule is CCC(C)(C)C(=O)OC1CC2CC1C(C#N)C2C(=O)OC1CCOC1=O. The molecule has 6 atom stereocenters. The van der Waals surface area contributed by atoms with Gasteiger partial charge in [-0.25, -0.2) is 4.79 Å². The van der Waals surface area contributed by atoms with Gasteiger partial charge in [-0.2, -0.15) is 5.26 Å². The van der Waals surface area contributed by atoms with Crippen molar-refractivity contribution in [2.24, 2.45) is 29.1 Å². The predicted molar refractivity (Wildman–Crippen MR) is 88.2 cm³/mol. The van der Waals surface area contributed by atoms with Crippen LogP contribution in [0.4, 0.5) is 0 Å². The van der Waals surface area contributed by atoms with E-state index in [1.54, 1.807) is 0 Å². The van der Waals surface area contributed by atoms with Crippen molar-refractivity contribution in [2.45, 2.75) is 58.7 Å². The van der Waals surface area contributed by atoms with E-state index in [-0.39, 0.29) is 30.5 Å². The lowest BCUT2D eigenvalue weighted by atomic mass is 9.78. The standard InChI is InChI=1S/C19H25NO6/c1-4-19(2,3)18(23)26-14-8-10-7-11(14)12(9-20)15(10)17(22)25-13-5-6-24-16(13)21/h10-15H,4-8H2,1-3H3. The summed E-state index contributed by atoms with van der Waals surface area (Å²) < 4.78 is 15.8. The molecular weight excluding hydrogens is 338 g/mol. The number of carbonyl (C=O) groups is 3. The lowest BCUT2D eigenvalue weighted by Gasteiger charge is -2.32. The molecule has 3 rings (SSSR count). The van der Waals surface area contributed by atoms with Gasteiger partial charge in [0.2, 0.25) is 6.10 Å². The van der Waals surface area contributed by atoms with Gasteiger partial charge in [-0.1, -0.05) is 6.92 Å². The summed E-state index contributed by atoms with van der Waals surface area (Å²) >= 11 is 0. The van der Waals surface area contributed by atoms with Crippen molar-refractivity contribution in [3.8, 4) is 6.07 Å². The van der Waals surface area contributed by atoms with Gasteiger partial charge in [0.25, 0.3) is 0 Å². The maximum absolute atomic E-state index is 12.6. The average molecular weight is 363 g/mol. The number of ether oxygens (including phenoxy) is 3. The Morgan fingerprint density at radius 3 is 2.62 bits per heavy atom. The van der Waals surface area contributed by atoms with Gasteiger partial charge in [0.1, 0.15) is 6.10 Å². The monoisotopic (exact) mass is 363 g/mol. The van der Waals surface area contributed by atoms with Gasteiger partial charge >= 0.3 is 17.9 Å². The highest BCUT2D eigenvalue weighted by atomic mass is 16.6. The van der Waals surface area contributed by atoms with Crippen LogP contribution in [0.3, 0.4) is 0 Å². The summed E-state index contributed by atoms with van der Waals surface area (Å²) in [4.78, 5) is 36.4. The Bertz CT molecular complexity index is 651. The number of nitriles is 1. The molecule has 6 unspecified atom stereocenters. The highest BCUT2D eigenvalue weighted by Crippen LogP contribution is 2.54. The summed E-state index contributed by atoms with van der Waals surface area (Å²) in [6.07, 6.45) is 1.06. The number of fused-ring (bicyclic) bond motifs is 2. The van der Waals surface area contributed by atoms with Gasteiger partial charge < -0.3 is 14.2 Å². The number of nitrogens with zero attached hydrogens (tertiary/aromatic N) is 1. The quantitative estimate of drug-likeness (QED) is 0.543. The van der Waals surface area contributed by atoms with E-state index in [0.29, 0.717) is 25.7 Å². The molecule has 0 radical (unpaired) electrons. The highest BCUT2D eigenvalue weighted by molar-refractivity contribution is 5.82. The van der Waals surface area contributed by atoms with E-state index < -0.39 is 35.3 Å². The van der Waals surface area contributed by atoms with Crippen LogP contribution in [0.2, 0.25) is 0 Å². The Morgan fingerprint density at radius 2 is 2.04 bits per heavy atom. The fourth-order valence-corrected chi connectivity index (χ4v) is 4.20. The molecule has 2 aliphatic carbocycles. The zero-order valence-electron chi connectivity index (χ0n) is 15.4. The van der Waals surface area contributed by atoms with Crippen LogP contribution in [0.15, 0.2) is 0 Å². The van der Waals surface area contributed by atoms with Crippen LogP contribution < -0.4 is 0 Å². The first-order chi connectivity index (χ1) is 12.3. The molecule has 0 aromatic carbocycles. The van der Waals surface area contributed by atoms with Crippen molar-refractivity contribution in [2.75, 3.05) is 6.61 Å². The lowest BCUT2D eigenvalue weighted by Crippen LogP contribution is -2.41. The second-order valence-corrected chi connectivity index (χ2v) is 8.14. The largest absolute Gasteiger partial charge is 0.463 e. The van der Waals surface area contributed by atoms with Crippen molar-refractivity contribution in [1.82, 2.24) is 0 Å². The van der Waals surface area contributed by atoms with Crippen molar-refractivity contribution in [3.63, 3.8) is 0 Å². The first-order valence-electron chi connectivity index (χ1n) is 9.26. The number of carbonyl (C=O) groups excluding carboxylic acids is 3. The van der Waals surface area contributed by atoms with E-state index in [1.807, 2.05) is 20.8 Å². The number of hydrogen-bond donors (Lipinski definition) is 0. The van der Waals surface area contributed by atoms with E-state index in [1.165, 1.54) is 0 Å². The number of esters is 3. The summed E-state index contributed by atoms with van der Waals surface area (Å²) in [6.45, 7) is 5.86. The molecule has 0 spiro atoms. The minimum atomic E-state index is -0.861. The van der Waals surface area contributed by atoms with Crippen molar-refractivity contribution in [3.05, 3.63) is 0 Å². The maximum Gasteiger partial charge on any atom is 0.347 e. The third kappa shape index (κ3) is 3.17. The molecule has 0 aromatic heterocycles. The first-order valence-corrected chi connectivity index (χ1v) is 9.26. The Hall–Kier alpha value is -2.10. The molecule has 2 bridgehead atoms. The van der Waals surface area contributed by atoms with E-state index in [2.05, 4.69) is 6.07 Å². The zero-order valence-corrected chi connectivity index (χ0v) is 15.4. The molecule has 3 fully saturated rings. The maximum atomic E-state index is 12.6. The summed E-state index contributed by atoms with van der Waals surface area (Å²) in [6, 6.07) is 2.21. The summed E-state index contributed by atoms with van der Waals surface area (Å²) in [5.74, 6) is -2.63. The summed E-state index contributed by atoms with van der Waals surface area (Å²) in [7, 11) is 0. The van der Waals surface area contributed by atoms with E-state index in [4.69, 9.17) is 14.2 Å². The Kier molecular flexibility index (Phi) is 4.96. The van der Waals surface area contributed by atoms with Crippen molar-refractivity contribution < 1.29 is 28.6 Å². The number of rotatable bonds is 5. The molecule has 0 aromatic rings. The van der Waals surface area contributed by atoms with Gasteiger partial charge in [-0.15, -0.1) is 0 Å². The van der Waals surface area contributed by atoms with Crippen LogP contribution >= 0.6 is 0 Å². The van der Waals surface area contributed by atoms with Crippen molar-refractivity contribution >= 4 is 17.9 Å². The van der Waals surface area contributed by atoms with Crippen LogP contribution in [-0.4, -0.2) is 36.7 Å². The highest BCUT2D eigenvalue weighted by Gasteiger charge is 2.58. The second kappa shape index (κ2) is 6.90. The molecule has 7 heteroatoms. The van der Waals surface area contributed by atoms with Crippen LogP contribution in [0.5, 0.6) is 0 Å². The van der Waals surface area contributed by atoms with E-state index in [9.17, 15) is 19.6 Å². The molecule has 1 saturated heterocycles. The molecule has 3 aliphatic rings. The molecule has 0 N–H and O–H groups in total. The second-order valence-electron chi connectivity index (χ2n) is 8.14. The molecule has 1 aliphatic heterocycles. The molecule has 142 valence electrons. The number of hydrogen-bond acceptors (Lipinski definition) is 7. The molecular formula is C19H25NO6. The average Bonchev–Trinajstić information content (AvgIpc) is 3.29. The van der Waals surface area contributed by atoms with Gasteiger partial charge in [0.05, 0.1) is 29.9 Å². The zero-order chi connectivity index (χ0) is 19.1. The van der Waals surface area contributed by atoms with Crippen molar-refractivity contribution in [1.29, 1.82) is 5.26 Å². The first kappa shape index (κ1) is 18.7. The summed E-state index contributed by atoms with van der Waals surface area (Å²) in [5, 5.41) is 9.59.